The molecule has 0 saturated heterocycles. The number of hydrogen-bond acceptors (Lipinski definition) is 5. The van der Waals surface area contributed by atoms with Gasteiger partial charge in [0.25, 0.3) is 0 Å². The van der Waals surface area contributed by atoms with E-state index in [4.69, 9.17) is 15.6 Å². The summed E-state index contributed by atoms with van der Waals surface area (Å²) in [5.41, 5.74) is 9.25. The lowest BCUT2D eigenvalue weighted by Gasteiger charge is -2.29. The van der Waals surface area contributed by atoms with Gasteiger partial charge < -0.3 is 30.7 Å². The van der Waals surface area contributed by atoms with Gasteiger partial charge in [0, 0.05) is 65.4 Å². The molecule has 0 spiro atoms. The fraction of sp³-hybridized carbons (Fsp3) is 0.314. The molecule has 5 aromatic rings. The van der Waals surface area contributed by atoms with Gasteiger partial charge in [-0.1, -0.05) is 42.7 Å². The number of aromatic amines is 2. The van der Waals surface area contributed by atoms with Crippen molar-refractivity contribution in [3.63, 3.8) is 0 Å². The predicted molar refractivity (Wildman–Crippen MR) is 169 cm³/mol. The summed E-state index contributed by atoms with van der Waals surface area (Å²) in [6, 6.07) is 15.4. The van der Waals surface area contributed by atoms with E-state index in [2.05, 4.69) is 34.0 Å². The number of aryl methyl sites for hydroxylation is 1. The molecule has 45 heavy (non-hydrogen) atoms. The van der Waals surface area contributed by atoms with Crippen molar-refractivity contribution in [1.82, 2.24) is 15.0 Å². The molecule has 0 saturated carbocycles. The van der Waals surface area contributed by atoms with Crippen LogP contribution >= 0.6 is 0 Å². The fourth-order valence-electron chi connectivity index (χ4n) is 5.82. The van der Waals surface area contributed by atoms with Crippen LogP contribution in [0, 0.1) is 18.6 Å². The third-order valence-corrected chi connectivity index (χ3v) is 8.38. The fourth-order valence-corrected chi connectivity index (χ4v) is 5.82. The Bertz CT molecular complexity index is 1800. The molecule has 0 amide bonds. The van der Waals surface area contributed by atoms with Gasteiger partial charge in [-0.2, -0.15) is 0 Å². The van der Waals surface area contributed by atoms with Crippen molar-refractivity contribution in [2.45, 2.75) is 63.9 Å². The topological polar surface area (TPSA) is 137 Å². The first-order valence-corrected chi connectivity index (χ1v) is 15.1. The smallest absolute Gasteiger partial charge is 0.303 e. The number of nitrogens with zero attached hydrogens (tertiary/aromatic N) is 1. The van der Waals surface area contributed by atoms with Gasteiger partial charge in [0.15, 0.2) is 11.6 Å². The summed E-state index contributed by atoms with van der Waals surface area (Å²) in [5.74, 6) is -1.55. The third kappa shape index (κ3) is 7.08. The number of aliphatic hydroxyl groups excluding tert-OH is 1. The number of nitrogens with one attached hydrogen (secondary N) is 2. The molecule has 5 rings (SSSR count). The van der Waals surface area contributed by atoms with Crippen molar-refractivity contribution < 1.29 is 28.5 Å². The number of carboxylic acids is 1. The molecule has 6 N–H and O–H groups in total. The molecule has 0 aliphatic rings. The highest BCUT2D eigenvalue weighted by Gasteiger charge is 2.31. The summed E-state index contributed by atoms with van der Waals surface area (Å²) in [7, 11) is 0. The Labute approximate surface area is 260 Å². The normalized spacial score (nSPS) is 13.6. The Kier molecular flexibility index (Phi) is 9.65. The second-order valence-electron chi connectivity index (χ2n) is 11.7. The number of rotatable bonds is 14. The van der Waals surface area contributed by atoms with Crippen LogP contribution in [0.25, 0.3) is 22.3 Å². The van der Waals surface area contributed by atoms with Gasteiger partial charge in [0.2, 0.25) is 0 Å². The largest absolute Gasteiger partial charge is 0.481 e. The SMILES string of the molecule is Cc1cccc(C(C)(CCCCCC(=O)O)c2cnc(-c3cc(Oc4c(F)cc5[nH]ccc5c4CC(O)CN)ccc3F)[nH]2)c1. The Hall–Kier alpha value is -4.54. The van der Waals surface area contributed by atoms with Crippen LogP contribution < -0.4 is 10.5 Å². The molecule has 236 valence electrons. The summed E-state index contributed by atoms with van der Waals surface area (Å²) in [4.78, 5) is 21.8. The van der Waals surface area contributed by atoms with Crippen molar-refractivity contribution in [2.75, 3.05) is 6.54 Å². The first kappa shape index (κ1) is 31.9. The number of unbranched alkanes of at least 4 members (excludes halogenated alkanes) is 2. The van der Waals surface area contributed by atoms with Gasteiger partial charge in [-0.05, 0) is 56.5 Å². The van der Waals surface area contributed by atoms with Crippen LogP contribution in [0.3, 0.4) is 0 Å². The number of benzene rings is 3. The van der Waals surface area contributed by atoms with Gasteiger partial charge in [0.1, 0.15) is 17.4 Å². The third-order valence-electron chi connectivity index (χ3n) is 8.38. The molecule has 8 nitrogen and oxygen atoms in total. The summed E-state index contributed by atoms with van der Waals surface area (Å²) in [6.45, 7) is 4.12. The monoisotopic (exact) mass is 616 g/mol. The van der Waals surface area contributed by atoms with Crippen molar-refractivity contribution in [1.29, 1.82) is 0 Å². The number of imidazole rings is 1. The summed E-state index contributed by atoms with van der Waals surface area (Å²) >= 11 is 0. The van der Waals surface area contributed by atoms with Crippen molar-refractivity contribution >= 4 is 16.9 Å². The van der Waals surface area contributed by atoms with Gasteiger partial charge in [0.05, 0.1) is 11.7 Å². The molecule has 2 heterocycles. The molecule has 2 atom stereocenters. The second kappa shape index (κ2) is 13.6. The van der Waals surface area contributed by atoms with E-state index in [0.29, 0.717) is 22.9 Å². The Morgan fingerprint density at radius 3 is 2.67 bits per heavy atom. The van der Waals surface area contributed by atoms with Crippen LogP contribution in [0.2, 0.25) is 0 Å². The van der Waals surface area contributed by atoms with Gasteiger partial charge in [-0.25, -0.2) is 13.8 Å². The first-order valence-electron chi connectivity index (χ1n) is 15.1. The molecule has 2 unspecified atom stereocenters. The maximum atomic E-state index is 15.3. The zero-order valence-electron chi connectivity index (χ0n) is 25.4. The lowest BCUT2D eigenvalue weighted by Crippen LogP contribution is -2.24. The minimum atomic E-state index is -0.905. The van der Waals surface area contributed by atoms with E-state index in [9.17, 15) is 9.90 Å². The van der Waals surface area contributed by atoms with Crippen LogP contribution in [0.4, 0.5) is 8.78 Å². The highest BCUT2D eigenvalue weighted by atomic mass is 19.1. The van der Waals surface area contributed by atoms with Crippen molar-refractivity contribution in [2.24, 2.45) is 5.73 Å². The van der Waals surface area contributed by atoms with E-state index >= 15 is 8.78 Å². The molecule has 0 aliphatic carbocycles. The van der Waals surface area contributed by atoms with Crippen LogP contribution in [0.1, 0.15) is 61.4 Å². The van der Waals surface area contributed by atoms with Crippen molar-refractivity contribution in [3.8, 4) is 22.9 Å². The predicted octanol–water partition coefficient (Wildman–Crippen LogP) is 7.14. The lowest BCUT2D eigenvalue weighted by atomic mass is 9.75. The number of fused-ring (bicyclic) bond motifs is 1. The summed E-state index contributed by atoms with van der Waals surface area (Å²) in [5, 5.41) is 20.0. The van der Waals surface area contributed by atoms with Gasteiger partial charge in [-0.15, -0.1) is 0 Å². The molecule has 0 aliphatic heterocycles. The minimum absolute atomic E-state index is 0.00675. The maximum Gasteiger partial charge on any atom is 0.303 e. The summed E-state index contributed by atoms with van der Waals surface area (Å²) < 4.78 is 36.7. The molecule has 2 aromatic heterocycles. The van der Waals surface area contributed by atoms with Crippen LogP contribution in [0.15, 0.2) is 67.0 Å². The molecule has 10 heteroatoms. The van der Waals surface area contributed by atoms with E-state index in [1.54, 1.807) is 18.5 Å². The second-order valence-corrected chi connectivity index (χ2v) is 11.7. The first-order chi connectivity index (χ1) is 21.6. The minimum Gasteiger partial charge on any atom is -0.481 e. The molecule has 0 radical (unpaired) electrons. The average molecular weight is 617 g/mol. The summed E-state index contributed by atoms with van der Waals surface area (Å²) in [6.07, 6.45) is 5.55. The molecule has 0 fully saturated rings. The number of halogens is 2. The van der Waals surface area contributed by atoms with E-state index < -0.39 is 29.1 Å². The highest BCUT2D eigenvalue weighted by molar-refractivity contribution is 5.85. The Morgan fingerprint density at radius 2 is 1.91 bits per heavy atom. The number of nitrogens with two attached hydrogens (primary N) is 1. The standard InChI is InChI=1S/C35H38F2N4O4/c1-21-7-6-8-22(15-21)35(2,13-5-3-4-9-32(43)44)31-20-40-34(41-31)27-17-24(10-11-28(27)36)45-33-26(16-23(42)19-38)25-12-14-39-30(25)18-29(33)37/h6-8,10-12,14-15,17-18,20,23,39,42H,3-5,9,13,16,19,38H2,1-2H3,(H,40,41)(H,43,44). The number of hydrogen-bond donors (Lipinski definition) is 5. The highest BCUT2D eigenvalue weighted by Crippen LogP contribution is 2.39. The number of carboxylic acid groups (broad SMARTS) is 1. The van der Waals surface area contributed by atoms with E-state index in [0.717, 1.165) is 36.1 Å². The average Bonchev–Trinajstić information content (AvgIpc) is 3.70. The van der Waals surface area contributed by atoms with Gasteiger partial charge in [-0.3, -0.25) is 4.79 Å². The Balaban J connectivity index is 1.47. The Morgan fingerprint density at radius 1 is 1.09 bits per heavy atom. The number of carbonyl (C=O) groups is 1. The number of ether oxygens (including phenoxy) is 1. The van der Waals surface area contributed by atoms with Crippen molar-refractivity contribution in [3.05, 3.63) is 101 Å². The molecular formula is C35H38F2N4O4. The number of aromatic nitrogens is 3. The van der Waals surface area contributed by atoms with E-state index in [-0.39, 0.29) is 42.3 Å². The molecule has 0 bridgehead atoms. The van der Waals surface area contributed by atoms with Crippen LogP contribution in [0.5, 0.6) is 11.5 Å². The van der Waals surface area contributed by atoms with E-state index in [1.807, 2.05) is 19.1 Å². The van der Waals surface area contributed by atoms with Gasteiger partial charge >= 0.3 is 5.97 Å². The van der Waals surface area contributed by atoms with E-state index in [1.165, 1.54) is 24.3 Å². The lowest BCUT2D eigenvalue weighted by molar-refractivity contribution is -0.137. The molecular weight excluding hydrogens is 578 g/mol. The van der Waals surface area contributed by atoms with Crippen LogP contribution in [-0.4, -0.2) is 43.8 Å². The number of aliphatic hydroxyl groups is 1. The zero-order valence-corrected chi connectivity index (χ0v) is 25.4. The molecule has 3 aromatic carbocycles. The maximum absolute atomic E-state index is 15.3. The zero-order chi connectivity index (χ0) is 32.1. The number of H-pyrrole nitrogens is 2. The van der Waals surface area contributed by atoms with Crippen LogP contribution in [-0.2, 0) is 16.6 Å². The number of aliphatic carboxylic acids is 1. The quantitative estimate of drug-likeness (QED) is 0.0841.